The standard InChI is InChI=1S/C20H17N3O2/c1-12-17-14(11-22-16-10-6-5-9-15(16)21-18(12)22)19(24)23(20(17)25)13-7-3-2-4-8-13/h2-10,12,14,17H,11H2,1H3/t12-,14+,17-/m0/s1. The van der Waals surface area contributed by atoms with E-state index in [1.165, 1.54) is 4.90 Å². The molecule has 25 heavy (non-hydrogen) atoms. The lowest BCUT2D eigenvalue weighted by atomic mass is 9.81. The molecular formula is C20H17N3O2. The van der Waals surface area contributed by atoms with E-state index in [0.29, 0.717) is 12.2 Å². The van der Waals surface area contributed by atoms with E-state index in [0.717, 1.165) is 16.9 Å². The largest absolute Gasteiger partial charge is 0.327 e. The van der Waals surface area contributed by atoms with Crippen LogP contribution in [-0.4, -0.2) is 21.4 Å². The topological polar surface area (TPSA) is 55.2 Å². The maximum absolute atomic E-state index is 13.1. The number of hydrogen-bond acceptors (Lipinski definition) is 3. The molecule has 2 aliphatic rings. The second-order valence-corrected chi connectivity index (χ2v) is 6.84. The summed E-state index contributed by atoms with van der Waals surface area (Å²) in [7, 11) is 0. The van der Waals surface area contributed by atoms with Crippen molar-refractivity contribution < 1.29 is 9.59 Å². The quantitative estimate of drug-likeness (QED) is 0.644. The Labute approximate surface area is 144 Å². The average Bonchev–Trinajstić information content (AvgIpc) is 3.13. The number of anilines is 1. The van der Waals surface area contributed by atoms with Crippen LogP contribution in [0.25, 0.3) is 11.0 Å². The van der Waals surface area contributed by atoms with Crippen molar-refractivity contribution in [2.24, 2.45) is 11.8 Å². The molecule has 124 valence electrons. The number of aromatic nitrogens is 2. The summed E-state index contributed by atoms with van der Waals surface area (Å²) >= 11 is 0. The van der Waals surface area contributed by atoms with Crippen LogP contribution < -0.4 is 4.90 Å². The van der Waals surface area contributed by atoms with Crippen LogP contribution in [0.1, 0.15) is 18.7 Å². The van der Waals surface area contributed by atoms with Crippen LogP contribution in [0.2, 0.25) is 0 Å². The third-order valence-corrected chi connectivity index (χ3v) is 5.50. The molecule has 0 spiro atoms. The number of imidazole rings is 1. The normalized spacial score (nSPS) is 25.3. The number of fused-ring (bicyclic) bond motifs is 4. The van der Waals surface area contributed by atoms with Gasteiger partial charge in [-0.3, -0.25) is 9.59 Å². The molecule has 2 amide bonds. The van der Waals surface area contributed by atoms with E-state index < -0.39 is 0 Å². The fraction of sp³-hybridized carbons (Fsp3) is 0.250. The van der Waals surface area contributed by atoms with Crippen molar-refractivity contribution in [2.75, 3.05) is 4.90 Å². The monoisotopic (exact) mass is 331 g/mol. The summed E-state index contributed by atoms with van der Waals surface area (Å²) in [6, 6.07) is 17.1. The molecule has 0 bridgehead atoms. The van der Waals surface area contributed by atoms with Crippen LogP contribution in [0.4, 0.5) is 5.69 Å². The maximum Gasteiger partial charge on any atom is 0.239 e. The maximum atomic E-state index is 13.1. The van der Waals surface area contributed by atoms with Crippen molar-refractivity contribution in [2.45, 2.75) is 19.4 Å². The lowest BCUT2D eigenvalue weighted by Gasteiger charge is -2.29. The van der Waals surface area contributed by atoms with Gasteiger partial charge in [-0.15, -0.1) is 0 Å². The Morgan fingerprint density at radius 1 is 0.960 bits per heavy atom. The van der Waals surface area contributed by atoms with Crippen LogP contribution in [0.3, 0.4) is 0 Å². The van der Waals surface area contributed by atoms with Crippen LogP contribution in [0.5, 0.6) is 0 Å². The third kappa shape index (κ3) is 1.86. The number of amides is 2. The lowest BCUT2D eigenvalue weighted by molar-refractivity contribution is -0.122. The highest BCUT2D eigenvalue weighted by Gasteiger charge is 2.54. The van der Waals surface area contributed by atoms with E-state index in [2.05, 4.69) is 4.57 Å². The van der Waals surface area contributed by atoms with Gasteiger partial charge in [0.05, 0.1) is 28.6 Å². The number of nitrogens with zero attached hydrogens (tertiary/aromatic N) is 3. The van der Waals surface area contributed by atoms with Crippen molar-refractivity contribution in [1.82, 2.24) is 9.55 Å². The van der Waals surface area contributed by atoms with E-state index >= 15 is 0 Å². The molecule has 5 nitrogen and oxygen atoms in total. The van der Waals surface area contributed by atoms with E-state index in [9.17, 15) is 9.59 Å². The highest BCUT2D eigenvalue weighted by molar-refractivity contribution is 6.22. The predicted molar refractivity (Wildman–Crippen MR) is 94.1 cm³/mol. The highest BCUT2D eigenvalue weighted by Crippen LogP contribution is 2.44. The molecular weight excluding hydrogens is 314 g/mol. The Balaban J connectivity index is 1.62. The van der Waals surface area contributed by atoms with Gasteiger partial charge in [-0.1, -0.05) is 37.3 Å². The van der Waals surface area contributed by atoms with Gasteiger partial charge in [0.1, 0.15) is 5.82 Å². The van der Waals surface area contributed by atoms with Gasteiger partial charge in [0.15, 0.2) is 0 Å². The number of benzene rings is 2. The SMILES string of the molecule is C[C@@H]1c2nc3ccccc3n2C[C@H]2C(=O)N(c3ccccc3)C(=O)[C@@H]12. The van der Waals surface area contributed by atoms with Gasteiger partial charge in [-0.05, 0) is 24.3 Å². The number of imide groups is 1. The van der Waals surface area contributed by atoms with Gasteiger partial charge < -0.3 is 4.57 Å². The number of carbonyl (C=O) groups is 2. The van der Waals surface area contributed by atoms with Crippen LogP contribution >= 0.6 is 0 Å². The average molecular weight is 331 g/mol. The van der Waals surface area contributed by atoms with E-state index in [4.69, 9.17) is 4.98 Å². The van der Waals surface area contributed by atoms with Crippen molar-refractivity contribution in [3.8, 4) is 0 Å². The minimum Gasteiger partial charge on any atom is -0.327 e. The molecule has 0 aliphatic carbocycles. The van der Waals surface area contributed by atoms with Gasteiger partial charge >= 0.3 is 0 Å². The van der Waals surface area contributed by atoms with Gasteiger partial charge in [0, 0.05) is 12.5 Å². The molecule has 2 aromatic carbocycles. The molecule has 3 atom stereocenters. The zero-order valence-electron chi connectivity index (χ0n) is 13.8. The molecule has 0 saturated carbocycles. The summed E-state index contributed by atoms with van der Waals surface area (Å²) in [4.78, 5) is 32.2. The zero-order valence-corrected chi connectivity index (χ0v) is 13.8. The first-order chi connectivity index (χ1) is 12.2. The first-order valence-electron chi connectivity index (χ1n) is 8.55. The molecule has 3 aromatic rings. The van der Waals surface area contributed by atoms with Gasteiger partial charge in [-0.2, -0.15) is 0 Å². The van der Waals surface area contributed by atoms with Crippen LogP contribution in [0, 0.1) is 11.8 Å². The third-order valence-electron chi connectivity index (χ3n) is 5.50. The first kappa shape index (κ1) is 14.4. The Morgan fingerprint density at radius 2 is 1.68 bits per heavy atom. The summed E-state index contributed by atoms with van der Waals surface area (Å²) < 4.78 is 2.11. The minimum absolute atomic E-state index is 0.0867. The summed E-state index contributed by atoms with van der Waals surface area (Å²) in [5, 5.41) is 0. The summed E-state index contributed by atoms with van der Waals surface area (Å²) in [5.41, 5.74) is 2.60. The summed E-state index contributed by atoms with van der Waals surface area (Å²) in [6.07, 6.45) is 0. The summed E-state index contributed by atoms with van der Waals surface area (Å²) in [5.74, 6) is -0.0526. The van der Waals surface area contributed by atoms with Crippen molar-refractivity contribution in [3.05, 3.63) is 60.4 Å². The van der Waals surface area contributed by atoms with Crippen LogP contribution in [-0.2, 0) is 16.1 Å². The molecule has 0 radical (unpaired) electrons. The number of hydrogen-bond donors (Lipinski definition) is 0. The van der Waals surface area contributed by atoms with Gasteiger partial charge in [-0.25, -0.2) is 9.88 Å². The molecule has 1 aromatic heterocycles. The van der Waals surface area contributed by atoms with Crippen LogP contribution in [0.15, 0.2) is 54.6 Å². The first-order valence-corrected chi connectivity index (χ1v) is 8.55. The second kappa shape index (κ2) is 5.02. The molecule has 2 aliphatic heterocycles. The van der Waals surface area contributed by atoms with Crippen molar-refractivity contribution in [1.29, 1.82) is 0 Å². The number of carbonyl (C=O) groups excluding carboxylic acids is 2. The Morgan fingerprint density at radius 3 is 2.48 bits per heavy atom. The molecule has 5 rings (SSSR count). The van der Waals surface area contributed by atoms with Gasteiger partial charge in [0.25, 0.3) is 0 Å². The molecule has 0 N–H and O–H groups in total. The minimum atomic E-state index is -0.336. The fourth-order valence-electron chi connectivity index (χ4n) is 4.33. The molecule has 1 fully saturated rings. The Bertz CT molecular complexity index is 1010. The number of para-hydroxylation sites is 3. The molecule has 3 heterocycles. The van der Waals surface area contributed by atoms with Gasteiger partial charge in [0.2, 0.25) is 11.8 Å². The lowest BCUT2D eigenvalue weighted by Crippen LogP contribution is -2.34. The highest BCUT2D eigenvalue weighted by atomic mass is 16.2. The predicted octanol–water partition coefficient (Wildman–Crippen LogP) is 2.96. The Kier molecular flexibility index (Phi) is 2.89. The van der Waals surface area contributed by atoms with Crippen molar-refractivity contribution >= 4 is 28.5 Å². The van der Waals surface area contributed by atoms with E-state index in [1.807, 2.05) is 61.5 Å². The van der Waals surface area contributed by atoms with Crippen molar-refractivity contribution in [3.63, 3.8) is 0 Å². The molecule has 0 unspecified atom stereocenters. The molecule has 1 saturated heterocycles. The Hall–Kier alpha value is -2.95. The summed E-state index contributed by atoms with van der Waals surface area (Å²) in [6.45, 7) is 2.52. The smallest absolute Gasteiger partial charge is 0.239 e. The van der Waals surface area contributed by atoms with E-state index in [1.54, 1.807) is 0 Å². The second-order valence-electron chi connectivity index (χ2n) is 6.84. The van der Waals surface area contributed by atoms with E-state index in [-0.39, 0.29) is 29.6 Å². The fourth-order valence-corrected chi connectivity index (χ4v) is 4.33. The zero-order chi connectivity index (χ0) is 17.1. The molecule has 5 heteroatoms. The number of rotatable bonds is 1.